The molecular formula is C12H18N2. The summed E-state index contributed by atoms with van der Waals surface area (Å²) in [5, 5.41) is 0. The zero-order valence-corrected chi connectivity index (χ0v) is 8.83. The summed E-state index contributed by atoms with van der Waals surface area (Å²) in [4.78, 5) is 0. The minimum absolute atomic E-state index is 0.500. The maximum absolute atomic E-state index is 5.39. The Morgan fingerprint density at radius 3 is 2.36 bits per heavy atom. The Hall–Kier alpha value is -0.860. The molecule has 0 aliphatic heterocycles. The molecule has 0 radical (unpaired) electrons. The summed E-state index contributed by atoms with van der Waals surface area (Å²) < 4.78 is 0. The standard InChI is InChI=1S/C12H18N2/c1-8(2)9-3-5-10(6-4-9)11-7-12(11)14-13/h3-6,8,11-12,14H,7,13H2,1-2H3/t11-,12-/m0/s1. The van der Waals surface area contributed by atoms with Gasteiger partial charge in [-0.1, -0.05) is 38.1 Å². The van der Waals surface area contributed by atoms with Crippen LogP contribution in [-0.2, 0) is 0 Å². The van der Waals surface area contributed by atoms with Crippen molar-refractivity contribution in [2.75, 3.05) is 0 Å². The molecular weight excluding hydrogens is 172 g/mol. The van der Waals surface area contributed by atoms with Crippen LogP contribution in [-0.4, -0.2) is 6.04 Å². The van der Waals surface area contributed by atoms with Crippen molar-refractivity contribution in [1.82, 2.24) is 5.43 Å². The van der Waals surface area contributed by atoms with E-state index < -0.39 is 0 Å². The van der Waals surface area contributed by atoms with E-state index >= 15 is 0 Å². The van der Waals surface area contributed by atoms with Crippen molar-refractivity contribution in [1.29, 1.82) is 0 Å². The lowest BCUT2D eigenvalue weighted by Crippen LogP contribution is -2.25. The molecule has 3 N–H and O–H groups in total. The van der Waals surface area contributed by atoms with Crippen molar-refractivity contribution in [3.8, 4) is 0 Å². The number of hydrogen-bond donors (Lipinski definition) is 2. The normalized spacial score (nSPS) is 25.4. The van der Waals surface area contributed by atoms with Gasteiger partial charge in [-0.15, -0.1) is 0 Å². The van der Waals surface area contributed by atoms with Crippen LogP contribution in [0, 0.1) is 0 Å². The highest BCUT2D eigenvalue weighted by atomic mass is 15.3. The van der Waals surface area contributed by atoms with E-state index in [1.54, 1.807) is 0 Å². The minimum Gasteiger partial charge on any atom is -0.271 e. The molecule has 76 valence electrons. The molecule has 2 heteroatoms. The van der Waals surface area contributed by atoms with Crippen LogP contribution in [0.5, 0.6) is 0 Å². The quantitative estimate of drug-likeness (QED) is 0.566. The second kappa shape index (κ2) is 3.71. The SMILES string of the molecule is CC(C)c1ccc([C@@H]2C[C@@H]2NN)cc1. The molecule has 0 saturated heterocycles. The first-order valence-electron chi connectivity index (χ1n) is 5.28. The summed E-state index contributed by atoms with van der Waals surface area (Å²) in [6.45, 7) is 4.44. The fourth-order valence-electron chi connectivity index (χ4n) is 1.88. The first kappa shape index (κ1) is 9.69. The van der Waals surface area contributed by atoms with Crippen molar-refractivity contribution in [3.05, 3.63) is 35.4 Å². The van der Waals surface area contributed by atoms with Gasteiger partial charge >= 0.3 is 0 Å². The maximum Gasteiger partial charge on any atom is 0.0286 e. The van der Waals surface area contributed by atoms with E-state index in [0.29, 0.717) is 17.9 Å². The predicted molar refractivity (Wildman–Crippen MR) is 59.0 cm³/mol. The molecule has 1 aromatic carbocycles. The lowest BCUT2D eigenvalue weighted by atomic mass is 10.0. The number of nitrogens with one attached hydrogen (secondary N) is 1. The van der Waals surface area contributed by atoms with E-state index in [9.17, 15) is 0 Å². The van der Waals surface area contributed by atoms with Gasteiger partial charge in [-0.2, -0.15) is 0 Å². The Morgan fingerprint density at radius 1 is 1.29 bits per heavy atom. The highest BCUT2D eigenvalue weighted by molar-refractivity contribution is 5.31. The third-order valence-corrected chi connectivity index (χ3v) is 3.04. The zero-order valence-electron chi connectivity index (χ0n) is 8.83. The molecule has 0 heterocycles. The lowest BCUT2D eigenvalue weighted by Gasteiger charge is -2.06. The molecule has 1 aliphatic rings. The largest absolute Gasteiger partial charge is 0.271 e. The molecule has 2 atom stereocenters. The third-order valence-electron chi connectivity index (χ3n) is 3.04. The van der Waals surface area contributed by atoms with Gasteiger partial charge in [0.05, 0.1) is 0 Å². The monoisotopic (exact) mass is 190 g/mol. The van der Waals surface area contributed by atoms with E-state index in [-0.39, 0.29) is 0 Å². The smallest absolute Gasteiger partial charge is 0.0286 e. The molecule has 0 bridgehead atoms. The van der Waals surface area contributed by atoms with Gasteiger partial charge in [0, 0.05) is 12.0 Å². The van der Waals surface area contributed by atoms with Crippen molar-refractivity contribution >= 4 is 0 Å². The molecule has 1 aromatic rings. The molecule has 2 nitrogen and oxygen atoms in total. The van der Waals surface area contributed by atoms with E-state index in [4.69, 9.17) is 5.84 Å². The molecule has 0 spiro atoms. The van der Waals surface area contributed by atoms with Crippen LogP contribution in [0.1, 0.15) is 43.2 Å². The van der Waals surface area contributed by atoms with Gasteiger partial charge in [-0.3, -0.25) is 11.3 Å². The Labute approximate surface area is 85.5 Å². The zero-order chi connectivity index (χ0) is 10.1. The molecule has 0 amide bonds. The topological polar surface area (TPSA) is 38.0 Å². The van der Waals surface area contributed by atoms with Gasteiger partial charge in [0.15, 0.2) is 0 Å². The summed E-state index contributed by atoms with van der Waals surface area (Å²) in [5.41, 5.74) is 5.65. The first-order valence-corrected chi connectivity index (χ1v) is 5.28. The Morgan fingerprint density at radius 2 is 1.93 bits per heavy atom. The maximum atomic E-state index is 5.39. The molecule has 2 rings (SSSR count). The summed E-state index contributed by atoms with van der Waals surface area (Å²) >= 11 is 0. The lowest BCUT2D eigenvalue weighted by molar-refractivity contribution is 0.715. The van der Waals surface area contributed by atoms with E-state index in [1.165, 1.54) is 17.5 Å². The van der Waals surface area contributed by atoms with Gasteiger partial charge in [-0.05, 0) is 23.5 Å². The van der Waals surface area contributed by atoms with E-state index in [1.807, 2.05) is 0 Å². The number of benzene rings is 1. The van der Waals surface area contributed by atoms with Crippen LogP contribution >= 0.6 is 0 Å². The summed E-state index contributed by atoms with van der Waals surface area (Å²) in [6, 6.07) is 9.42. The number of rotatable bonds is 3. The Bertz CT molecular complexity index is 303. The Kier molecular flexibility index (Phi) is 2.57. The van der Waals surface area contributed by atoms with Crippen molar-refractivity contribution in [2.24, 2.45) is 5.84 Å². The average Bonchev–Trinajstić information content (AvgIpc) is 2.97. The van der Waals surface area contributed by atoms with Crippen LogP contribution in [0.2, 0.25) is 0 Å². The molecule has 1 aliphatic carbocycles. The fourth-order valence-corrected chi connectivity index (χ4v) is 1.88. The fraction of sp³-hybridized carbons (Fsp3) is 0.500. The van der Waals surface area contributed by atoms with Gasteiger partial charge < -0.3 is 0 Å². The van der Waals surface area contributed by atoms with Crippen LogP contribution in [0.25, 0.3) is 0 Å². The highest BCUT2D eigenvalue weighted by Crippen LogP contribution is 2.40. The van der Waals surface area contributed by atoms with Gasteiger partial charge in [-0.25, -0.2) is 0 Å². The van der Waals surface area contributed by atoms with Crippen LogP contribution in [0.4, 0.5) is 0 Å². The first-order chi connectivity index (χ1) is 6.72. The highest BCUT2D eigenvalue weighted by Gasteiger charge is 2.37. The second-order valence-corrected chi connectivity index (χ2v) is 4.44. The molecule has 0 aromatic heterocycles. The van der Waals surface area contributed by atoms with E-state index in [0.717, 1.165) is 0 Å². The molecule has 1 saturated carbocycles. The summed E-state index contributed by atoms with van der Waals surface area (Å²) in [5.74, 6) is 6.65. The minimum atomic E-state index is 0.500. The Balaban J connectivity index is 2.08. The number of hydrogen-bond acceptors (Lipinski definition) is 2. The summed E-state index contributed by atoms with van der Waals surface area (Å²) in [6.07, 6.45) is 1.18. The van der Waals surface area contributed by atoms with Crippen LogP contribution < -0.4 is 11.3 Å². The third kappa shape index (κ3) is 1.81. The molecule has 0 unspecified atom stereocenters. The number of hydrazine groups is 1. The average molecular weight is 190 g/mol. The van der Waals surface area contributed by atoms with Crippen molar-refractivity contribution in [3.63, 3.8) is 0 Å². The number of nitrogens with two attached hydrogens (primary N) is 1. The molecule has 14 heavy (non-hydrogen) atoms. The van der Waals surface area contributed by atoms with Gasteiger partial charge in [0.1, 0.15) is 0 Å². The predicted octanol–water partition coefficient (Wildman–Crippen LogP) is 2.13. The van der Waals surface area contributed by atoms with Crippen molar-refractivity contribution in [2.45, 2.75) is 38.1 Å². The van der Waals surface area contributed by atoms with Gasteiger partial charge in [0.2, 0.25) is 0 Å². The second-order valence-electron chi connectivity index (χ2n) is 4.44. The van der Waals surface area contributed by atoms with Crippen LogP contribution in [0.15, 0.2) is 24.3 Å². The van der Waals surface area contributed by atoms with Gasteiger partial charge in [0.25, 0.3) is 0 Å². The summed E-state index contributed by atoms with van der Waals surface area (Å²) in [7, 11) is 0. The van der Waals surface area contributed by atoms with Crippen LogP contribution in [0.3, 0.4) is 0 Å². The van der Waals surface area contributed by atoms with Crippen molar-refractivity contribution < 1.29 is 0 Å². The van der Waals surface area contributed by atoms with E-state index in [2.05, 4.69) is 43.5 Å². The molecule has 1 fully saturated rings.